The summed E-state index contributed by atoms with van der Waals surface area (Å²) in [5.41, 5.74) is 2.57. The summed E-state index contributed by atoms with van der Waals surface area (Å²) in [5, 5.41) is 6.53. The van der Waals surface area contributed by atoms with Crippen molar-refractivity contribution in [2.75, 3.05) is 31.1 Å². The van der Waals surface area contributed by atoms with Crippen LogP contribution in [0, 0.1) is 0 Å². The van der Waals surface area contributed by atoms with Crippen LogP contribution in [0.4, 0.5) is 0 Å². The second kappa shape index (κ2) is 11.3. The molecule has 0 aromatic heterocycles. The molecule has 8 heteroatoms. The lowest BCUT2D eigenvalue weighted by molar-refractivity contribution is 0.220. The van der Waals surface area contributed by atoms with E-state index < -0.39 is 9.84 Å². The minimum absolute atomic E-state index is 0. The largest absolute Gasteiger partial charge is 0.357 e. The molecule has 2 heterocycles. The minimum Gasteiger partial charge on any atom is -0.357 e. The summed E-state index contributed by atoms with van der Waals surface area (Å²) in [6, 6.07) is 8.46. The Morgan fingerprint density at radius 3 is 2.54 bits per heavy atom. The van der Waals surface area contributed by atoms with Crippen molar-refractivity contribution in [1.29, 1.82) is 0 Å². The van der Waals surface area contributed by atoms with E-state index in [9.17, 15) is 8.42 Å². The zero-order valence-corrected chi connectivity index (χ0v) is 19.8. The van der Waals surface area contributed by atoms with Gasteiger partial charge in [-0.25, -0.2) is 13.4 Å². The summed E-state index contributed by atoms with van der Waals surface area (Å²) in [6.07, 6.45) is 4.58. The normalized spacial score (nSPS) is 22.5. The van der Waals surface area contributed by atoms with Crippen LogP contribution in [0.15, 0.2) is 29.3 Å². The van der Waals surface area contributed by atoms with Crippen LogP contribution in [-0.2, 0) is 22.9 Å². The number of benzene rings is 1. The number of rotatable bonds is 6. The Hall–Kier alpha value is -0.870. The van der Waals surface area contributed by atoms with Crippen molar-refractivity contribution in [3.8, 4) is 0 Å². The van der Waals surface area contributed by atoms with Crippen LogP contribution in [0.3, 0.4) is 0 Å². The number of nitrogens with one attached hydrogen (secondary N) is 2. The number of aliphatic imine (C=N–C) groups is 1. The van der Waals surface area contributed by atoms with E-state index in [1.165, 1.54) is 43.5 Å². The molecule has 0 aliphatic carbocycles. The zero-order chi connectivity index (χ0) is 19.1. The summed E-state index contributed by atoms with van der Waals surface area (Å²) in [4.78, 5) is 7.26. The minimum atomic E-state index is -2.90. The molecule has 0 radical (unpaired) electrons. The number of halogens is 1. The van der Waals surface area contributed by atoms with Crippen LogP contribution in [-0.4, -0.2) is 56.5 Å². The lowest BCUT2D eigenvalue weighted by atomic mass is 10.1. The number of nitrogens with zero attached hydrogens (tertiary/aromatic N) is 2. The van der Waals surface area contributed by atoms with Gasteiger partial charge in [0.2, 0.25) is 0 Å². The molecule has 2 fully saturated rings. The molecule has 2 aliphatic heterocycles. The number of sulfone groups is 1. The lowest BCUT2D eigenvalue weighted by Crippen LogP contribution is -2.44. The van der Waals surface area contributed by atoms with Crippen LogP contribution in [0.1, 0.15) is 43.7 Å². The predicted molar refractivity (Wildman–Crippen MR) is 126 cm³/mol. The molecule has 1 atom stereocenters. The Labute approximate surface area is 186 Å². The van der Waals surface area contributed by atoms with E-state index in [1.54, 1.807) is 0 Å². The van der Waals surface area contributed by atoms with Crippen molar-refractivity contribution in [2.45, 2.75) is 51.7 Å². The molecule has 1 aromatic carbocycles. The first-order valence-corrected chi connectivity index (χ1v) is 11.9. The van der Waals surface area contributed by atoms with Gasteiger partial charge in [0.25, 0.3) is 0 Å². The standard InChI is InChI=1S/C20H32N4O2S.HI/c1-2-21-20(23-19-10-13-27(25,26)16-19)22-14-17-8-4-5-9-18(17)15-24-11-6-3-7-12-24;/h4-5,8-9,19H,2-3,6-7,10-16H2,1H3,(H2,21,22,23);1H. The lowest BCUT2D eigenvalue weighted by Gasteiger charge is -2.27. The Kier molecular flexibility index (Phi) is 9.49. The van der Waals surface area contributed by atoms with E-state index in [4.69, 9.17) is 4.99 Å². The molecule has 28 heavy (non-hydrogen) atoms. The quantitative estimate of drug-likeness (QED) is 0.343. The smallest absolute Gasteiger partial charge is 0.191 e. The van der Waals surface area contributed by atoms with Crippen molar-refractivity contribution in [3.63, 3.8) is 0 Å². The number of hydrogen-bond acceptors (Lipinski definition) is 4. The van der Waals surface area contributed by atoms with E-state index in [2.05, 4.69) is 39.8 Å². The summed E-state index contributed by atoms with van der Waals surface area (Å²) < 4.78 is 23.4. The Bertz CT molecular complexity index is 748. The molecule has 0 spiro atoms. The van der Waals surface area contributed by atoms with Gasteiger partial charge in [-0.3, -0.25) is 4.90 Å². The van der Waals surface area contributed by atoms with Crippen molar-refractivity contribution >= 4 is 39.8 Å². The highest BCUT2D eigenvalue weighted by atomic mass is 127. The molecular formula is C20H33IN4O2S. The summed E-state index contributed by atoms with van der Waals surface area (Å²) in [5.74, 6) is 1.17. The maximum Gasteiger partial charge on any atom is 0.191 e. The second-order valence-electron chi connectivity index (χ2n) is 7.54. The second-order valence-corrected chi connectivity index (χ2v) is 9.77. The van der Waals surface area contributed by atoms with E-state index in [1.807, 2.05) is 6.92 Å². The summed E-state index contributed by atoms with van der Waals surface area (Å²) >= 11 is 0. The number of guanidine groups is 1. The maximum atomic E-state index is 11.7. The fourth-order valence-corrected chi connectivity index (χ4v) is 5.48. The van der Waals surface area contributed by atoms with E-state index in [0.717, 1.165) is 13.1 Å². The van der Waals surface area contributed by atoms with Gasteiger partial charge in [-0.1, -0.05) is 30.7 Å². The number of likely N-dealkylation sites (tertiary alicyclic amines) is 1. The van der Waals surface area contributed by atoms with Crippen molar-refractivity contribution in [1.82, 2.24) is 15.5 Å². The van der Waals surface area contributed by atoms with E-state index in [-0.39, 0.29) is 41.5 Å². The van der Waals surface area contributed by atoms with E-state index >= 15 is 0 Å². The molecular weight excluding hydrogens is 487 g/mol. The zero-order valence-electron chi connectivity index (χ0n) is 16.7. The van der Waals surface area contributed by atoms with Gasteiger partial charge < -0.3 is 10.6 Å². The van der Waals surface area contributed by atoms with Gasteiger partial charge in [-0.2, -0.15) is 0 Å². The third-order valence-corrected chi connectivity index (χ3v) is 7.05. The first-order chi connectivity index (χ1) is 13.1. The summed E-state index contributed by atoms with van der Waals surface area (Å²) in [6.45, 7) is 6.71. The topological polar surface area (TPSA) is 73.8 Å². The van der Waals surface area contributed by atoms with Crippen molar-refractivity contribution in [3.05, 3.63) is 35.4 Å². The van der Waals surface area contributed by atoms with Crippen LogP contribution in [0.2, 0.25) is 0 Å². The van der Waals surface area contributed by atoms with E-state index in [0.29, 0.717) is 18.9 Å². The van der Waals surface area contributed by atoms with Crippen LogP contribution < -0.4 is 10.6 Å². The molecule has 0 bridgehead atoms. The summed E-state index contributed by atoms with van der Waals surface area (Å²) in [7, 11) is -2.90. The number of piperidine rings is 1. The predicted octanol–water partition coefficient (Wildman–Crippen LogP) is 2.53. The van der Waals surface area contributed by atoms with Crippen LogP contribution in [0.5, 0.6) is 0 Å². The average Bonchev–Trinajstić information content (AvgIpc) is 3.00. The van der Waals surface area contributed by atoms with Gasteiger partial charge in [-0.05, 0) is 50.4 Å². The number of hydrogen-bond donors (Lipinski definition) is 2. The Morgan fingerprint density at radius 1 is 1.18 bits per heavy atom. The molecule has 1 unspecified atom stereocenters. The highest BCUT2D eigenvalue weighted by Gasteiger charge is 2.28. The molecule has 0 amide bonds. The molecule has 2 saturated heterocycles. The molecule has 1 aromatic rings. The van der Waals surface area contributed by atoms with Gasteiger partial charge in [0.05, 0.1) is 18.1 Å². The highest BCUT2D eigenvalue weighted by molar-refractivity contribution is 14.0. The Morgan fingerprint density at radius 2 is 1.89 bits per heavy atom. The fraction of sp³-hybridized carbons (Fsp3) is 0.650. The maximum absolute atomic E-state index is 11.7. The molecule has 158 valence electrons. The molecule has 2 aliphatic rings. The molecule has 6 nitrogen and oxygen atoms in total. The average molecular weight is 520 g/mol. The van der Waals surface area contributed by atoms with Crippen LogP contribution in [0.25, 0.3) is 0 Å². The molecule has 0 saturated carbocycles. The monoisotopic (exact) mass is 520 g/mol. The molecule has 3 rings (SSSR count). The SMILES string of the molecule is CCNC(=NCc1ccccc1CN1CCCCC1)NC1CCS(=O)(=O)C1.I. The van der Waals surface area contributed by atoms with Gasteiger partial charge in [0.15, 0.2) is 15.8 Å². The van der Waals surface area contributed by atoms with Crippen molar-refractivity contribution in [2.24, 2.45) is 4.99 Å². The third-order valence-electron chi connectivity index (χ3n) is 5.29. The van der Waals surface area contributed by atoms with Gasteiger partial charge in [0, 0.05) is 19.1 Å². The van der Waals surface area contributed by atoms with Gasteiger partial charge in [-0.15, -0.1) is 24.0 Å². The first-order valence-electron chi connectivity index (χ1n) is 10.1. The fourth-order valence-electron chi connectivity index (χ4n) is 3.81. The van der Waals surface area contributed by atoms with Gasteiger partial charge >= 0.3 is 0 Å². The van der Waals surface area contributed by atoms with Gasteiger partial charge in [0.1, 0.15) is 0 Å². The third kappa shape index (κ3) is 7.18. The Balaban J connectivity index is 0.00000280. The van der Waals surface area contributed by atoms with Crippen LogP contribution >= 0.6 is 24.0 Å². The van der Waals surface area contributed by atoms with Crippen molar-refractivity contribution < 1.29 is 8.42 Å². The first kappa shape index (κ1) is 23.4. The molecule has 2 N–H and O–H groups in total. The highest BCUT2D eigenvalue weighted by Crippen LogP contribution is 2.17.